The van der Waals surface area contributed by atoms with Crippen LogP contribution in [0.25, 0.3) is 0 Å². The number of rotatable bonds is 5. The van der Waals surface area contributed by atoms with Gasteiger partial charge in [0.2, 0.25) is 5.91 Å². The molecule has 2 amide bonds. The third kappa shape index (κ3) is 4.69. The molecule has 2 N–H and O–H groups in total. The minimum atomic E-state index is -0.384. The van der Waals surface area contributed by atoms with Crippen molar-refractivity contribution in [1.82, 2.24) is 9.80 Å². The van der Waals surface area contributed by atoms with Gasteiger partial charge < -0.3 is 15.4 Å². The van der Waals surface area contributed by atoms with Gasteiger partial charge in [-0.3, -0.25) is 14.5 Å². The second-order valence-electron chi connectivity index (χ2n) is 5.42. The van der Waals surface area contributed by atoms with Crippen molar-refractivity contribution in [3.8, 4) is 0 Å². The molecule has 120 valence electrons. The normalized spacial score (nSPS) is 18.5. The zero-order valence-electron chi connectivity index (χ0n) is 12.5. The fraction of sp³-hybridized carbons (Fsp3) is 0.467. The highest BCUT2D eigenvalue weighted by atomic mass is 35.5. The average Bonchev–Trinajstić information content (AvgIpc) is 2.45. The number of nitrogens with zero attached hydrogens (tertiary/aromatic N) is 2. The second kappa shape index (κ2) is 7.58. The van der Waals surface area contributed by atoms with E-state index in [0.717, 1.165) is 0 Å². The minimum Gasteiger partial charge on any atom is -0.373 e. The average molecular weight is 326 g/mol. The van der Waals surface area contributed by atoms with Crippen LogP contribution in [-0.2, 0) is 9.53 Å². The zero-order valence-corrected chi connectivity index (χ0v) is 13.3. The molecule has 1 atom stereocenters. The van der Waals surface area contributed by atoms with Crippen LogP contribution in [0.5, 0.6) is 0 Å². The van der Waals surface area contributed by atoms with E-state index < -0.39 is 0 Å². The quantitative estimate of drug-likeness (QED) is 0.860. The molecule has 0 unspecified atom stereocenters. The van der Waals surface area contributed by atoms with E-state index in [0.29, 0.717) is 36.8 Å². The van der Waals surface area contributed by atoms with Crippen LogP contribution in [0.2, 0.25) is 5.02 Å². The van der Waals surface area contributed by atoms with Crippen molar-refractivity contribution in [2.75, 3.05) is 39.8 Å². The lowest BCUT2D eigenvalue weighted by Gasteiger charge is -2.34. The Bertz CT molecular complexity index is 553. The third-order valence-corrected chi connectivity index (χ3v) is 3.67. The van der Waals surface area contributed by atoms with Gasteiger partial charge in [0.1, 0.15) is 0 Å². The summed E-state index contributed by atoms with van der Waals surface area (Å²) in [6.07, 6.45) is -0.138. The number of carbonyl (C=O) groups is 2. The molecule has 1 heterocycles. The monoisotopic (exact) mass is 325 g/mol. The summed E-state index contributed by atoms with van der Waals surface area (Å²) in [5, 5.41) is 0.539. The lowest BCUT2D eigenvalue weighted by molar-refractivity contribution is -0.119. The van der Waals surface area contributed by atoms with Gasteiger partial charge in [-0.05, 0) is 25.2 Å². The van der Waals surface area contributed by atoms with Crippen LogP contribution in [0.4, 0.5) is 0 Å². The van der Waals surface area contributed by atoms with Gasteiger partial charge in [0.25, 0.3) is 5.91 Å². The highest BCUT2D eigenvalue weighted by Gasteiger charge is 2.26. The van der Waals surface area contributed by atoms with Gasteiger partial charge in [-0.15, -0.1) is 0 Å². The highest BCUT2D eigenvalue weighted by molar-refractivity contribution is 6.30. The molecule has 1 aliphatic rings. The van der Waals surface area contributed by atoms with Crippen molar-refractivity contribution in [2.24, 2.45) is 5.73 Å². The van der Waals surface area contributed by atoms with E-state index in [1.54, 1.807) is 41.1 Å². The second-order valence-corrected chi connectivity index (χ2v) is 5.85. The van der Waals surface area contributed by atoms with Crippen LogP contribution in [0.15, 0.2) is 24.3 Å². The van der Waals surface area contributed by atoms with Gasteiger partial charge >= 0.3 is 0 Å². The SMILES string of the molecule is CN(CC(N)=O)C[C@@H]1CN(C(=O)c2cccc(Cl)c2)CCO1. The molecule has 1 aliphatic heterocycles. The van der Waals surface area contributed by atoms with E-state index in [2.05, 4.69) is 0 Å². The van der Waals surface area contributed by atoms with Gasteiger partial charge in [0.15, 0.2) is 0 Å². The van der Waals surface area contributed by atoms with Crippen molar-refractivity contribution in [3.63, 3.8) is 0 Å². The lowest BCUT2D eigenvalue weighted by Crippen LogP contribution is -2.49. The maximum Gasteiger partial charge on any atom is 0.254 e. The first-order valence-electron chi connectivity index (χ1n) is 7.09. The molecule has 2 rings (SSSR count). The number of benzene rings is 1. The number of hydrogen-bond donors (Lipinski definition) is 1. The van der Waals surface area contributed by atoms with Crippen molar-refractivity contribution < 1.29 is 14.3 Å². The van der Waals surface area contributed by atoms with E-state index in [4.69, 9.17) is 22.1 Å². The molecule has 6 nitrogen and oxygen atoms in total. The van der Waals surface area contributed by atoms with Gasteiger partial charge in [-0.25, -0.2) is 0 Å². The molecule has 0 saturated carbocycles. The smallest absolute Gasteiger partial charge is 0.254 e. The number of likely N-dealkylation sites (N-methyl/N-ethyl adjacent to an activating group) is 1. The Hall–Kier alpha value is -1.63. The van der Waals surface area contributed by atoms with Crippen molar-refractivity contribution in [1.29, 1.82) is 0 Å². The highest BCUT2D eigenvalue weighted by Crippen LogP contribution is 2.15. The first-order valence-corrected chi connectivity index (χ1v) is 7.47. The largest absolute Gasteiger partial charge is 0.373 e. The standard InChI is InChI=1S/C15H20ClN3O3/c1-18(10-14(17)20)8-13-9-19(5-6-22-13)15(21)11-3-2-4-12(16)7-11/h2-4,7,13H,5-6,8-10H2,1H3,(H2,17,20)/t13-/m1/s1. The number of primary amides is 1. The Kier molecular flexibility index (Phi) is 5.76. The number of nitrogens with two attached hydrogens (primary N) is 1. The molecular formula is C15H20ClN3O3. The number of amides is 2. The summed E-state index contributed by atoms with van der Waals surface area (Å²) in [6, 6.07) is 6.90. The number of morpholine rings is 1. The summed E-state index contributed by atoms with van der Waals surface area (Å²) in [7, 11) is 1.80. The molecule has 0 radical (unpaired) electrons. The van der Waals surface area contributed by atoms with E-state index in [1.807, 2.05) is 0 Å². The van der Waals surface area contributed by atoms with Crippen LogP contribution >= 0.6 is 11.6 Å². The number of ether oxygens (including phenoxy) is 1. The van der Waals surface area contributed by atoms with Crippen molar-refractivity contribution >= 4 is 23.4 Å². The number of carbonyl (C=O) groups excluding carboxylic acids is 2. The van der Waals surface area contributed by atoms with E-state index >= 15 is 0 Å². The van der Waals surface area contributed by atoms with Gasteiger partial charge in [0, 0.05) is 30.2 Å². The molecule has 0 bridgehead atoms. The molecular weight excluding hydrogens is 306 g/mol. The fourth-order valence-corrected chi connectivity index (χ4v) is 2.69. The molecule has 22 heavy (non-hydrogen) atoms. The van der Waals surface area contributed by atoms with E-state index in [1.165, 1.54) is 0 Å². The molecule has 1 saturated heterocycles. The number of halogens is 1. The maximum absolute atomic E-state index is 12.5. The predicted molar refractivity (Wildman–Crippen MR) is 83.8 cm³/mol. The first-order chi connectivity index (χ1) is 10.5. The summed E-state index contributed by atoms with van der Waals surface area (Å²) in [4.78, 5) is 26.9. The topological polar surface area (TPSA) is 75.9 Å². The summed E-state index contributed by atoms with van der Waals surface area (Å²) in [6.45, 7) is 2.21. The van der Waals surface area contributed by atoms with Crippen molar-refractivity contribution in [2.45, 2.75) is 6.10 Å². The molecule has 0 aliphatic carbocycles. The van der Waals surface area contributed by atoms with Crippen LogP contribution in [-0.4, -0.2) is 67.6 Å². The Morgan fingerprint density at radius 2 is 2.27 bits per heavy atom. The van der Waals surface area contributed by atoms with Crippen LogP contribution in [0, 0.1) is 0 Å². The Morgan fingerprint density at radius 3 is 2.95 bits per heavy atom. The summed E-state index contributed by atoms with van der Waals surface area (Å²) >= 11 is 5.93. The molecule has 0 spiro atoms. The molecule has 1 fully saturated rings. The fourth-order valence-electron chi connectivity index (χ4n) is 2.50. The van der Waals surface area contributed by atoms with E-state index in [9.17, 15) is 9.59 Å². The molecule has 1 aromatic carbocycles. The molecule has 7 heteroatoms. The van der Waals surface area contributed by atoms with Crippen molar-refractivity contribution in [3.05, 3.63) is 34.9 Å². The van der Waals surface area contributed by atoms with Crippen LogP contribution in [0.3, 0.4) is 0 Å². The maximum atomic E-state index is 12.5. The van der Waals surface area contributed by atoms with Crippen LogP contribution in [0.1, 0.15) is 10.4 Å². The predicted octanol–water partition coefficient (Wildman–Crippen LogP) is 0.598. The number of hydrogen-bond acceptors (Lipinski definition) is 4. The van der Waals surface area contributed by atoms with Gasteiger partial charge in [-0.2, -0.15) is 0 Å². The Labute approximate surface area is 134 Å². The first kappa shape index (κ1) is 16.7. The van der Waals surface area contributed by atoms with Gasteiger partial charge in [-0.1, -0.05) is 17.7 Å². The van der Waals surface area contributed by atoms with E-state index in [-0.39, 0.29) is 24.5 Å². The van der Waals surface area contributed by atoms with Crippen LogP contribution < -0.4 is 5.73 Å². The summed E-state index contributed by atoms with van der Waals surface area (Å²) < 4.78 is 5.66. The summed E-state index contributed by atoms with van der Waals surface area (Å²) in [5.41, 5.74) is 5.73. The van der Waals surface area contributed by atoms with Gasteiger partial charge in [0.05, 0.1) is 19.3 Å². The zero-order chi connectivity index (χ0) is 16.1. The lowest BCUT2D eigenvalue weighted by atomic mass is 10.1. The Morgan fingerprint density at radius 1 is 1.50 bits per heavy atom. The third-order valence-electron chi connectivity index (χ3n) is 3.44. The molecule has 1 aromatic rings. The minimum absolute atomic E-state index is 0.0617. The Balaban J connectivity index is 1.95. The molecule has 0 aromatic heterocycles. The summed E-state index contributed by atoms with van der Waals surface area (Å²) in [5.74, 6) is -0.446.